The van der Waals surface area contributed by atoms with E-state index in [-0.39, 0.29) is 5.56 Å². The molecule has 0 aliphatic heterocycles. The predicted octanol–water partition coefficient (Wildman–Crippen LogP) is 3.22. The number of rotatable bonds is 4. The van der Waals surface area contributed by atoms with E-state index in [4.69, 9.17) is 0 Å². The molecule has 0 saturated carbocycles. The van der Waals surface area contributed by atoms with Gasteiger partial charge in [-0.1, -0.05) is 42.5 Å². The molecule has 0 fully saturated rings. The van der Waals surface area contributed by atoms with Crippen molar-refractivity contribution in [3.8, 4) is 0 Å². The summed E-state index contributed by atoms with van der Waals surface area (Å²) in [5.74, 6) is 0. The molecule has 0 N–H and O–H groups in total. The van der Waals surface area contributed by atoms with Crippen molar-refractivity contribution in [1.82, 2.24) is 19.5 Å². The number of benzene rings is 1. The molecule has 25 heavy (non-hydrogen) atoms. The van der Waals surface area contributed by atoms with E-state index >= 15 is 0 Å². The van der Waals surface area contributed by atoms with E-state index < -0.39 is 0 Å². The molecular weight excluding hydrogens is 332 g/mol. The zero-order chi connectivity index (χ0) is 17.4. The Labute approximate surface area is 151 Å². The molecule has 0 saturated heterocycles. The van der Waals surface area contributed by atoms with Crippen LogP contribution in [0.25, 0.3) is 4.96 Å². The number of fused-ring (bicyclic) bond motifs is 2. The molecule has 6 heteroatoms. The summed E-state index contributed by atoms with van der Waals surface area (Å²) in [7, 11) is 2.13. The highest BCUT2D eigenvalue weighted by Crippen LogP contribution is 2.33. The van der Waals surface area contributed by atoms with Gasteiger partial charge < -0.3 is 0 Å². The summed E-state index contributed by atoms with van der Waals surface area (Å²) in [6.45, 7) is 2.71. The fourth-order valence-corrected chi connectivity index (χ4v) is 4.53. The maximum absolute atomic E-state index is 12.3. The first-order chi connectivity index (χ1) is 12.2. The third-order valence-corrected chi connectivity index (χ3v) is 5.98. The summed E-state index contributed by atoms with van der Waals surface area (Å²) >= 11 is 1.50. The third-order valence-electron chi connectivity index (χ3n) is 4.92. The Morgan fingerprint density at radius 2 is 2.20 bits per heavy atom. The smallest absolute Gasteiger partial charge is 0.275 e. The Balaban J connectivity index is 1.62. The van der Waals surface area contributed by atoms with Crippen molar-refractivity contribution in [3.63, 3.8) is 0 Å². The van der Waals surface area contributed by atoms with Crippen LogP contribution >= 0.6 is 11.3 Å². The van der Waals surface area contributed by atoms with Crippen molar-refractivity contribution in [3.05, 3.63) is 62.5 Å². The zero-order valence-electron chi connectivity index (χ0n) is 14.6. The van der Waals surface area contributed by atoms with Crippen LogP contribution in [0.4, 0.5) is 0 Å². The Morgan fingerprint density at radius 1 is 1.36 bits per heavy atom. The lowest BCUT2D eigenvalue weighted by Crippen LogP contribution is -2.28. The second kappa shape index (κ2) is 6.69. The summed E-state index contributed by atoms with van der Waals surface area (Å²) in [4.78, 5) is 20.0. The van der Waals surface area contributed by atoms with Crippen molar-refractivity contribution < 1.29 is 0 Å². The number of hydrogen-bond acceptors (Lipinski definition) is 5. The normalized spacial score (nSPS) is 17.2. The van der Waals surface area contributed by atoms with Gasteiger partial charge in [0.2, 0.25) is 4.96 Å². The molecular formula is C19H22N4OS. The van der Waals surface area contributed by atoms with Crippen molar-refractivity contribution in [2.45, 2.75) is 45.2 Å². The minimum Gasteiger partial charge on any atom is -0.294 e. The highest BCUT2D eigenvalue weighted by Gasteiger charge is 2.24. The molecule has 0 bridgehead atoms. The SMILES string of the molecule is CCc1nn2c(=O)cc(CN(C)[C@@H]3CCCc4ccccc43)nc2s1. The number of nitrogens with zero attached hydrogens (tertiary/aromatic N) is 4. The molecule has 0 radical (unpaired) electrons. The monoisotopic (exact) mass is 354 g/mol. The van der Waals surface area contributed by atoms with Gasteiger partial charge in [0.15, 0.2) is 0 Å². The predicted molar refractivity (Wildman–Crippen MR) is 100 cm³/mol. The summed E-state index contributed by atoms with van der Waals surface area (Å²) < 4.78 is 1.42. The lowest BCUT2D eigenvalue weighted by Gasteiger charge is -2.33. The van der Waals surface area contributed by atoms with Crippen molar-refractivity contribution in [1.29, 1.82) is 0 Å². The molecule has 0 amide bonds. The Morgan fingerprint density at radius 3 is 3.04 bits per heavy atom. The van der Waals surface area contributed by atoms with Gasteiger partial charge in [-0.25, -0.2) is 4.98 Å². The molecule has 1 aromatic carbocycles. The largest absolute Gasteiger partial charge is 0.294 e. The molecule has 3 aromatic rings. The average Bonchev–Trinajstić information content (AvgIpc) is 3.05. The molecule has 0 spiro atoms. The van der Waals surface area contributed by atoms with E-state index in [1.54, 1.807) is 6.07 Å². The van der Waals surface area contributed by atoms with Crippen LogP contribution in [0.3, 0.4) is 0 Å². The van der Waals surface area contributed by atoms with Crippen LogP contribution in [0, 0.1) is 0 Å². The lowest BCUT2D eigenvalue weighted by atomic mass is 9.87. The Hall–Kier alpha value is -2.05. The standard InChI is InChI=1S/C19H22N4OS/c1-3-17-21-23-18(24)11-14(20-19(23)25-17)12-22(2)16-10-6-8-13-7-4-5-9-15(13)16/h4-5,7,9,11,16H,3,6,8,10,12H2,1-2H3/t16-/m1/s1. The van der Waals surface area contributed by atoms with Gasteiger partial charge in [0.1, 0.15) is 5.01 Å². The molecule has 2 aromatic heterocycles. The van der Waals surface area contributed by atoms with Crippen LogP contribution in [0.15, 0.2) is 35.1 Å². The fraction of sp³-hybridized carbons (Fsp3) is 0.421. The molecule has 1 atom stereocenters. The van der Waals surface area contributed by atoms with E-state index in [9.17, 15) is 4.79 Å². The second-order valence-electron chi connectivity index (χ2n) is 6.65. The van der Waals surface area contributed by atoms with Crippen LogP contribution in [-0.2, 0) is 19.4 Å². The number of aromatic nitrogens is 3. The van der Waals surface area contributed by atoms with Crippen molar-refractivity contribution >= 4 is 16.3 Å². The maximum Gasteiger partial charge on any atom is 0.275 e. The number of hydrogen-bond donors (Lipinski definition) is 0. The molecule has 130 valence electrons. The van der Waals surface area contributed by atoms with Crippen LogP contribution in [0.2, 0.25) is 0 Å². The second-order valence-corrected chi connectivity index (χ2v) is 7.69. The highest BCUT2D eigenvalue weighted by molar-refractivity contribution is 7.16. The van der Waals surface area contributed by atoms with Gasteiger partial charge in [0.25, 0.3) is 5.56 Å². The third kappa shape index (κ3) is 3.12. The van der Waals surface area contributed by atoms with Gasteiger partial charge in [0, 0.05) is 18.7 Å². The van der Waals surface area contributed by atoms with Gasteiger partial charge in [-0.3, -0.25) is 9.69 Å². The van der Waals surface area contributed by atoms with Crippen LogP contribution in [0.1, 0.15) is 47.6 Å². The summed E-state index contributed by atoms with van der Waals surface area (Å²) in [6.07, 6.45) is 4.33. The molecule has 5 nitrogen and oxygen atoms in total. The molecule has 1 aliphatic rings. The summed E-state index contributed by atoms with van der Waals surface area (Å²) in [6, 6.07) is 10.7. The van der Waals surface area contributed by atoms with Crippen LogP contribution in [0.5, 0.6) is 0 Å². The first-order valence-corrected chi connectivity index (χ1v) is 9.64. The van der Waals surface area contributed by atoms with Crippen molar-refractivity contribution in [2.24, 2.45) is 0 Å². The van der Waals surface area contributed by atoms with Crippen LogP contribution < -0.4 is 5.56 Å². The van der Waals surface area contributed by atoms with Crippen LogP contribution in [-0.4, -0.2) is 26.5 Å². The van der Waals surface area contributed by atoms with E-state index in [1.165, 1.54) is 33.4 Å². The first-order valence-electron chi connectivity index (χ1n) is 8.82. The van der Waals surface area contributed by atoms with E-state index in [1.807, 2.05) is 6.92 Å². The Bertz CT molecular complexity index is 961. The molecule has 0 unspecified atom stereocenters. The average molecular weight is 354 g/mol. The van der Waals surface area contributed by atoms with E-state index in [2.05, 4.69) is 46.3 Å². The van der Waals surface area contributed by atoms with Gasteiger partial charge >= 0.3 is 0 Å². The van der Waals surface area contributed by atoms with Gasteiger partial charge in [0.05, 0.1) is 5.69 Å². The summed E-state index contributed by atoms with van der Waals surface area (Å²) in [5, 5.41) is 5.26. The molecule has 2 heterocycles. The maximum atomic E-state index is 12.3. The zero-order valence-corrected chi connectivity index (χ0v) is 15.4. The van der Waals surface area contributed by atoms with Gasteiger partial charge in [-0.15, -0.1) is 0 Å². The van der Waals surface area contributed by atoms with Crippen molar-refractivity contribution in [2.75, 3.05) is 7.05 Å². The van der Waals surface area contributed by atoms with E-state index in [0.717, 1.165) is 30.0 Å². The fourth-order valence-electron chi connectivity index (χ4n) is 3.67. The van der Waals surface area contributed by atoms with E-state index in [0.29, 0.717) is 17.5 Å². The molecule has 4 rings (SSSR count). The van der Waals surface area contributed by atoms with Gasteiger partial charge in [-0.2, -0.15) is 9.61 Å². The lowest BCUT2D eigenvalue weighted by molar-refractivity contribution is 0.211. The molecule has 1 aliphatic carbocycles. The highest BCUT2D eigenvalue weighted by atomic mass is 32.1. The first kappa shape index (κ1) is 16.4. The Kier molecular flexibility index (Phi) is 4.39. The van der Waals surface area contributed by atoms with Gasteiger partial charge in [-0.05, 0) is 43.9 Å². The minimum absolute atomic E-state index is 0.0894. The minimum atomic E-state index is -0.0894. The summed E-state index contributed by atoms with van der Waals surface area (Å²) in [5.41, 5.74) is 3.60. The number of aryl methyl sites for hydroxylation is 2. The topological polar surface area (TPSA) is 50.5 Å². The quantitative estimate of drug-likeness (QED) is 0.722.